The lowest BCUT2D eigenvalue weighted by atomic mass is 9.65. The maximum atomic E-state index is 14.3. The second-order valence-corrected chi connectivity index (χ2v) is 10.2. The van der Waals surface area contributed by atoms with E-state index in [1.165, 1.54) is 36.2 Å². The van der Waals surface area contributed by atoms with Crippen molar-refractivity contribution in [3.05, 3.63) is 75.3 Å². The summed E-state index contributed by atoms with van der Waals surface area (Å²) in [5.41, 5.74) is -0.300. The lowest BCUT2D eigenvalue weighted by Gasteiger charge is -2.47. The molecule has 190 valence electrons. The van der Waals surface area contributed by atoms with Crippen LogP contribution in [0.5, 0.6) is 0 Å². The van der Waals surface area contributed by atoms with Gasteiger partial charge in [0, 0.05) is 30.9 Å². The Morgan fingerprint density at radius 1 is 1.03 bits per heavy atom. The third-order valence-corrected chi connectivity index (χ3v) is 8.14. The Hall–Kier alpha value is -4.08. The molecule has 10 nitrogen and oxygen atoms in total. The fourth-order valence-electron chi connectivity index (χ4n) is 6.53. The number of nitro benzene ring substituents is 1. The Morgan fingerprint density at radius 3 is 2.30 bits per heavy atom. The van der Waals surface area contributed by atoms with Crippen LogP contribution < -0.4 is 0 Å². The second kappa shape index (κ2) is 8.22. The maximum absolute atomic E-state index is 14.3. The number of nitro groups is 1. The number of non-ortho nitro benzene ring substituents is 1. The van der Waals surface area contributed by atoms with E-state index in [0.29, 0.717) is 29.5 Å². The minimum absolute atomic E-state index is 0.147. The van der Waals surface area contributed by atoms with Crippen LogP contribution in [0.25, 0.3) is 0 Å². The molecule has 2 aromatic rings. The van der Waals surface area contributed by atoms with Crippen molar-refractivity contribution in [3.63, 3.8) is 0 Å². The maximum Gasteiger partial charge on any atom is 0.330 e. The molecular formula is C27H25N3O7. The number of nitrogens with zero attached hydrogens (tertiary/aromatic N) is 3. The predicted octanol–water partition coefficient (Wildman–Crippen LogP) is 3.79. The van der Waals surface area contributed by atoms with Crippen LogP contribution in [0.3, 0.4) is 0 Å². The molecule has 1 aliphatic carbocycles. The molecule has 3 aliphatic heterocycles. The van der Waals surface area contributed by atoms with Gasteiger partial charge in [0.25, 0.3) is 11.5 Å². The molecule has 3 fully saturated rings. The Bertz CT molecular complexity index is 1330. The topological polar surface area (TPSA) is 128 Å². The van der Waals surface area contributed by atoms with Gasteiger partial charge in [-0.05, 0) is 36.5 Å². The van der Waals surface area contributed by atoms with Crippen LogP contribution in [0.2, 0.25) is 0 Å². The van der Waals surface area contributed by atoms with E-state index >= 15 is 0 Å². The average Bonchev–Trinajstić information content (AvgIpc) is 3.21. The Morgan fingerprint density at radius 2 is 1.68 bits per heavy atom. The first-order valence-corrected chi connectivity index (χ1v) is 12.4. The number of carbonyl (C=O) groups is 3. The molecule has 6 rings (SSSR count). The van der Waals surface area contributed by atoms with E-state index < -0.39 is 46.1 Å². The highest BCUT2D eigenvalue weighted by molar-refractivity contribution is 6.07. The van der Waals surface area contributed by atoms with E-state index in [9.17, 15) is 24.5 Å². The first kappa shape index (κ1) is 23.3. The van der Waals surface area contributed by atoms with Gasteiger partial charge >= 0.3 is 11.9 Å². The van der Waals surface area contributed by atoms with Crippen molar-refractivity contribution < 1.29 is 28.8 Å². The molecule has 1 saturated carbocycles. The van der Waals surface area contributed by atoms with E-state index in [1.54, 1.807) is 18.3 Å². The van der Waals surface area contributed by atoms with Crippen LogP contribution in [-0.2, 0) is 23.9 Å². The highest BCUT2D eigenvalue weighted by Crippen LogP contribution is 2.63. The van der Waals surface area contributed by atoms with Crippen LogP contribution in [0.1, 0.15) is 67.7 Å². The molecule has 3 atom stereocenters. The molecule has 2 saturated heterocycles. The minimum atomic E-state index is -1.94. The number of hydrazone groups is 1. The first-order chi connectivity index (χ1) is 17.8. The van der Waals surface area contributed by atoms with Gasteiger partial charge in [-0.3, -0.25) is 29.5 Å². The highest BCUT2D eigenvalue weighted by atomic mass is 16.7. The van der Waals surface area contributed by atoms with Gasteiger partial charge in [0.1, 0.15) is 12.1 Å². The van der Waals surface area contributed by atoms with Crippen LogP contribution in [0.4, 0.5) is 5.69 Å². The van der Waals surface area contributed by atoms with Gasteiger partial charge in [-0.15, -0.1) is 0 Å². The summed E-state index contributed by atoms with van der Waals surface area (Å²) >= 11 is 0. The number of rotatable bonds is 3. The summed E-state index contributed by atoms with van der Waals surface area (Å²) in [6.07, 6.45) is 4.92. The number of hydrogen-bond donors (Lipinski definition) is 0. The number of esters is 2. The first-order valence-electron chi connectivity index (χ1n) is 12.4. The van der Waals surface area contributed by atoms with Gasteiger partial charge in [0.15, 0.2) is 5.78 Å². The summed E-state index contributed by atoms with van der Waals surface area (Å²) in [5.74, 6) is -4.16. The van der Waals surface area contributed by atoms with E-state index in [4.69, 9.17) is 9.47 Å². The Balaban J connectivity index is 1.58. The largest absolute Gasteiger partial charge is 0.422 e. The second-order valence-electron chi connectivity index (χ2n) is 10.2. The van der Waals surface area contributed by atoms with Crippen LogP contribution in [0, 0.1) is 15.5 Å². The molecule has 4 aliphatic rings. The lowest BCUT2D eigenvalue weighted by molar-refractivity contribution is -0.384. The number of ketones is 1. The lowest BCUT2D eigenvalue weighted by Crippen LogP contribution is -2.60. The zero-order valence-corrected chi connectivity index (χ0v) is 20.2. The summed E-state index contributed by atoms with van der Waals surface area (Å²) in [6.45, 7) is 1.39. The van der Waals surface area contributed by atoms with Crippen molar-refractivity contribution in [1.82, 2.24) is 5.01 Å². The van der Waals surface area contributed by atoms with E-state index in [2.05, 4.69) is 5.10 Å². The molecule has 10 heteroatoms. The molecule has 0 aromatic heterocycles. The number of fused-ring (bicyclic) bond motifs is 4. The summed E-state index contributed by atoms with van der Waals surface area (Å²) in [5, 5.41) is 17.4. The van der Waals surface area contributed by atoms with E-state index in [0.717, 1.165) is 19.3 Å². The fraction of sp³-hybridized carbons (Fsp3) is 0.407. The Labute approximate surface area is 212 Å². The van der Waals surface area contributed by atoms with Crippen molar-refractivity contribution in [2.45, 2.75) is 62.8 Å². The fourth-order valence-corrected chi connectivity index (χ4v) is 6.53. The molecule has 0 radical (unpaired) electrons. The van der Waals surface area contributed by atoms with Crippen molar-refractivity contribution in [3.8, 4) is 0 Å². The van der Waals surface area contributed by atoms with Gasteiger partial charge in [0.05, 0.1) is 11.1 Å². The third kappa shape index (κ3) is 3.24. The van der Waals surface area contributed by atoms with Crippen molar-refractivity contribution in [2.75, 3.05) is 0 Å². The zero-order chi connectivity index (χ0) is 25.9. The molecule has 0 amide bonds. The van der Waals surface area contributed by atoms with Crippen LogP contribution in [0.15, 0.2) is 53.6 Å². The molecule has 37 heavy (non-hydrogen) atoms. The third-order valence-electron chi connectivity index (χ3n) is 8.14. The molecule has 1 unspecified atom stereocenters. The zero-order valence-electron chi connectivity index (χ0n) is 20.2. The number of benzene rings is 2. The van der Waals surface area contributed by atoms with Gasteiger partial charge in [-0.25, -0.2) is 0 Å². The quantitative estimate of drug-likeness (QED) is 0.268. The minimum Gasteiger partial charge on any atom is -0.422 e. The average molecular weight is 504 g/mol. The number of ether oxygens (including phenoxy) is 2. The smallest absolute Gasteiger partial charge is 0.330 e. The van der Waals surface area contributed by atoms with E-state index in [-0.39, 0.29) is 11.5 Å². The van der Waals surface area contributed by atoms with Gasteiger partial charge in [-0.2, -0.15) is 5.10 Å². The molecule has 0 bridgehead atoms. The van der Waals surface area contributed by atoms with Crippen LogP contribution >= 0.6 is 0 Å². The van der Waals surface area contributed by atoms with Crippen molar-refractivity contribution in [1.29, 1.82) is 0 Å². The SMILES string of the molecule is CC(=O)[C@@H]1[C@@H](c2ccc([N+](=O)[O-])cc2)C2(C(=O)OC3(CCCCC3)OC2=O)C2c3ccccc3C=NN21. The van der Waals surface area contributed by atoms with Crippen molar-refractivity contribution in [2.24, 2.45) is 10.5 Å². The normalized spacial score (nSPS) is 26.8. The Kier molecular flexibility index (Phi) is 5.18. The number of hydrogen-bond acceptors (Lipinski definition) is 9. The van der Waals surface area contributed by atoms with Gasteiger partial charge in [0.2, 0.25) is 5.41 Å². The van der Waals surface area contributed by atoms with Gasteiger partial charge in [-0.1, -0.05) is 42.8 Å². The monoisotopic (exact) mass is 503 g/mol. The molecule has 3 heterocycles. The van der Waals surface area contributed by atoms with Gasteiger partial charge < -0.3 is 9.47 Å². The standard InChI is InChI=1S/C27H25N3O7/c1-16(31)22-21(17-9-11-19(12-10-17)30(34)35)27(23-20-8-4-3-7-18(20)15-28-29(22)23)24(32)36-26(37-25(27)33)13-5-2-6-14-26/h3-4,7-12,15,21-23H,2,5-6,13-14H2,1H3/t21-,22-,23?/m1/s1. The number of carbonyl (C=O) groups excluding carboxylic acids is 3. The highest BCUT2D eigenvalue weighted by Gasteiger charge is 2.75. The molecular weight excluding hydrogens is 478 g/mol. The number of Topliss-reactive ketones (excluding diaryl/α,β-unsaturated/α-hetero) is 1. The molecule has 2 spiro atoms. The predicted molar refractivity (Wildman–Crippen MR) is 129 cm³/mol. The molecule has 2 aromatic carbocycles. The molecule has 0 N–H and O–H groups in total. The summed E-state index contributed by atoms with van der Waals surface area (Å²) < 4.78 is 12.1. The summed E-state index contributed by atoms with van der Waals surface area (Å²) in [7, 11) is 0. The van der Waals surface area contributed by atoms with Crippen molar-refractivity contribution >= 4 is 29.6 Å². The summed E-state index contributed by atoms with van der Waals surface area (Å²) in [6, 6.07) is 10.9. The van der Waals surface area contributed by atoms with E-state index in [1.807, 2.05) is 12.1 Å². The summed E-state index contributed by atoms with van der Waals surface area (Å²) in [4.78, 5) is 52.5. The van der Waals surface area contributed by atoms with Crippen LogP contribution in [-0.4, -0.2) is 45.7 Å².